The molecule has 0 spiro atoms. The number of aliphatic hydroxyl groups is 1. The van der Waals surface area contributed by atoms with E-state index in [2.05, 4.69) is 20.5 Å². The molecule has 0 aliphatic rings. The fraction of sp³-hybridized carbons (Fsp3) is 0.400. The summed E-state index contributed by atoms with van der Waals surface area (Å²) >= 11 is 12.1. The molecule has 0 bridgehead atoms. The van der Waals surface area contributed by atoms with Crippen LogP contribution in [0.15, 0.2) is 18.2 Å². The Bertz CT molecular complexity index is 761. The number of aryl methyl sites for hydroxylation is 1. The van der Waals surface area contributed by atoms with Crippen LogP contribution in [0.3, 0.4) is 0 Å². The summed E-state index contributed by atoms with van der Waals surface area (Å²) in [6.07, 6.45) is -6.22. The molecule has 26 heavy (non-hydrogen) atoms. The van der Waals surface area contributed by atoms with Gasteiger partial charge in [-0.25, -0.2) is 4.98 Å². The van der Waals surface area contributed by atoms with Gasteiger partial charge in [0.05, 0.1) is 10.0 Å². The summed E-state index contributed by atoms with van der Waals surface area (Å²) < 4.78 is 36.4. The minimum atomic E-state index is -4.63. The van der Waals surface area contributed by atoms with E-state index in [1.54, 1.807) is 18.2 Å². The van der Waals surface area contributed by atoms with E-state index in [9.17, 15) is 13.2 Å². The van der Waals surface area contributed by atoms with Crippen molar-refractivity contribution in [1.29, 1.82) is 0 Å². The Labute approximate surface area is 157 Å². The van der Waals surface area contributed by atoms with Gasteiger partial charge in [0.2, 0.25) is 0 Å². The van der Waals surface area contributed by atoms with Crippen LogP contribution in [0, 0.1) is 0 Å². The van der Waals surface area contributed by atoms with Gasteiger partial charge in [-0.1, -0.05) is 35.3 Å². The minimum Gasteiger partial charge on any atom is -0.382 e. The van der Waals surface area contributed by atoms with Crippen molar-refractivity contribution in [2.75, 3.05) is 18.8 Å². The molecule has 0 amide bonds. The zero-order valence-electron chi connectivity index (χ0n) is 13.4. The lowest BCUT2D eigenvalue weighted by molar-refractivity contribution is -0.201. The van der Waals surface area contributed by atoms with Crippen molar-refractivity contribution in [1.82, 2.24) is 20.5 Å². The second-order valence-electron chi connectivity index (χ2n) is 5.43. The summed E-state index contributed by atoms with van der Waals surface area (Å²) in [4.78, 5) is 4.14. The molecule has 1 aromatic carbocycles. The summed E-state index contributed by atoms with van der Waals surface area (Å²) in [5.41, 5.74) is 6.71. The molecule has 0 saturated carbocycles. The second kappa shape index (κ2) is 8.81. The fourth-order valence-electron chi connectivity index (χ4n) is 2.08. The zero-order valence-corrected chi connectivity index (χ0v) is 14.9. The molecule has 2 aromatic rings. The predicted molar refractivity (Wildman–Crippen MR) is 92.9 cm³/mol. The molecule has 1 atom stereocenters. The average Bonchev–Trinajstić information content (AvgIpc) is 2.56. The lowest BCUT2D eigenvalue weighted by Crippen LogP contribution is -2.38. The number of nitrogens with two attached hydrogens (primary N) is 1. The van der Waals surface area contributed by atoms with E-state index in [-0.39, 0.29) is 17.4 Å². The van der Waals surface area contributed by atoms with Crippen LogP contribution in [-0.4, -0.2) is 45.7 Å². The van der Waals surface area contributed by atoms with E-state index in [4.69, 9.17) is 34.0 Å². The largest absolute Gasteiger partial charge is 0.415 e. The van der Waals surface area contributed by atoms with Gasteiger partial charge in [0.15, 0.2) is 17.7 Å². The van der Waals surface area contributed by atoms with E-state index in [0.29, 0.717) is 34.9 Å². The zero-order chi connectivity index (χ0) is 19.3. The van der Waals surface area contributed by atoms with Gasteiger partial charge in [0, 0.05) is 18.5 Å². The number of aliphatic hydroxyl groups excluding tert-OH is 1. The van der Waals surface area contributed by atoms with Crippen molar-refractivity contribution in [3.05, 3.63) is 34.1 Å². The smallest absolute Gasteiger partial charge is 0.382 e. The first-order valence-corrected chi connectivity index (χ1v) is 8.34. The maximum atomic E-state index is 12.1. The van der Waals surface area contributed by atoms with Crippen LogP contribution in [0.1, 0.15) is 12.2 Å². The Balaban J connectivity index is 1.91. The molecule has 1 aromatic heterocycles. The van der Waals surface area contributed by atoms with E-state index in [1.807, 2.05) is 0 Å². The van der Waals surface area contributed by atoms with E-state index in [0.717, 1.165) is 0 Å². The van der Waals surface area contributed by atoms with Gasteiger partial charge in [-0.3, -0.25) is 0 Å². The van der Waals surface area contributed by atoms with Crippen LogP contribution >= 0.6 is 23.2 Å². The first-order valence-electron chi connectivity index (χ1n) is 7.59. The van der Waals surface area contributed by atoms with E-state index in [1.165, 1.54) is 0 Å². The van der Waals surface area contributed by atoms with Crippen molar-refractivity contribution in [2.45, 2.75) is 25.1 Å². The molecular formula is C15H16Cl2F3N5O. The predicted octanol–water partition coefficient (Wildman–Crippen LogP) is 2.87. The molecule has 0 radical (unpaired) electrons. The van der Waals surface area contributed by atoms with Crippen molar-refractivity contribution >= 4 is 29.0 Å². The Morgan fingerprint density at radius 1 is 1.23 bits per heavy atom. The number of nitrogen functional groups attached to an aromatic ring is 1. The van der Waals surface area contributed by atoms with Crippen molar-refractivity contribution in [3.63, 3.8) is 0 Å². The van der Waals surface area contributed by atoms with Gasteiger partial charge in [0.1, 0.15) is 5.69 Å². The number of nitrogens with zero attached hydrogens (tertiary/aromatic N) is 3. The maximum absolute atomic E-state index is 12.1. The number of hydrogen-bond donors (Lipinski definition) is 3. The molecule has 0 unspecified atom stereocenters. The lowest BCUT2D eigenvalue weighted by atomic mass is 10.1. The highest BCUT2D eigenvalue weighted by Gasteiger charge is 2.37. The van der Waals surface area contributed by atoms with Gasteiger partial charge < -0.3 is 16.2 Å². The Morgan fingerprint density at radius 3 is 2.62 bits per heavy atom. The number of anilines is 1. The van der Waals surface area contributed by atoms with E-state index >= 15 is 0 Å². The van der Waals surface area contributed by atoms with Crippen LogP contribution < -0.4 is 11.1 Å². The highest BCUT2D eigenvalue weighted by atomic mass is 35.5. The van der Waals surface area contributed by atoms with Crippen LogP contribution in [0.25, 0.3) is 11.3 Å². The number of benzene rings is 1. The lowest BCUT2D eigenvalue weighted by Gasteiger charge is -2.14. The second-order valence-corrected chi connectivity index (χ2v) is 6.21. The first kappa shape index (κ1) is 20.6. The Hall–Kier alpha value is -1.68. The average molecular weight is 410 g/mol. The standard InChI is InChI=1S/C15H16Cl2F3N5O/c16-9-4-1-3-8(12(9)17)13-14(21)23-11(24-25-13)5-2-6-22-7-10(26)15(18,19)20/h1,3-4,10,22,26H,2,5-7H2,(H2,21,23,24)/t10-/m0/s1. The SMILES string of the molecule is Nc1nc(CCCNC[C@H](O)C(F)(F)F)nnc1-c1cccc(Cl)c1Cl. The molecule has 142 valence electrons. The molecule has 1 heterocycles. The molecule has 11 heteroatoms. The number of alkyl halides is 3. The number of nitrogens with one attached hydrogen (secondary N) is 1. The number of hydrogen-bond acceptors (Lipinski definition) is 6. The van der Waals surface area contributed by atoms with Gasteiger partial charge in [-0.05, 0) is 19.0 Å². The molecule has 0 aliphatic heterocycles. The van der Waals surface area contributed by atoms with Crippen LogP contribution in [0.4, 0.5) is 19.0 Å². The highest BCUT2D eigenvalue weighted by Crippen LogP contribution is 2.34. The Kier molecular flexibility index (Phi) is 6.99. The summed E-state index contributed by atoms with van der Waals surface area (Å²) in [5, 5.41) is 20.0. The van der Waals surface area contributed by atoms with Crippen LogP contribution in [0.5, 0.6) is 0 Å². The molecule has 0 aliphatic carbocycles. The van der Waals surface area contributed by atoms with Crippen molar-refractivity contribution in [3.8, 4) is 11.3 Å². The minimum absolute atomic E-state index is 0.125. The molecule has 4 N–H and O–H groups in total. The third kappa shape index (κ3) is 5.41. The number of rotatable bonds is 7. The van der Waals surface area contributed by atoms with Gasteiger partial charge in [0.25, 0.3) is 0 Å². The van der Waals surface area contributed by atoms with Gasteiger partial charge in [-0.2, -0.15) is 13.2 Å². The van der Waals surface area contributed by atoms with Crippen LogP contribution in [-0.2, 0) is 6.42 Å². The fourth-order valence-corrected chi connectivity index (χ4v) is 2.47. The summed E-state index contributed by atoms with van der Waals surface area (Å²) in [5.74, 6) is 0.474. The molecule has 0 fully saturated rings. The monoisotopic (exact) mass is 409 g/mol. The molecule has 0 saturated heterocycles. The molecule has 2 rings (SSSR count). The van der Waals surface area contributed by atoms with Gasteiger partial charge >= 0.3 is 6.18 Å². The quantitative estimate of drug-likeness (QED) is 0.608. The van der Waals surface area contributed by atoms with Crippen LogP contribution in [0.2, 0.25) is 10.0 Å². The third-order valence-electron chi connectivity index (χ3n) is 3.43. The van der Waals surface area contributed by atoms with Gasteiger partial charge in [-0.15, -0.1) is 10.2 Å². The number of halogens is 5. The summed E-state index contributed by atoms with van der Waals surface area (Å²) in [6, 6.07) is 5.01. The van der Waals surface area contributed by atoms with Crippen molar-refractivity contribution in [2.24, 2.45) is 0 Å². The Morgan fingerprint density at radius 2 is 1.96 bits per heavy atom. The number of aromatic nitrogens is 3. The summed E-state index contributed by atoms with van der Waals surface area (Å²) in [6.45, 7) is -0.324. The van der Waals surface area contributed by atoms with E-state index < -0.39 is 18.8 Å². The molecule has 6 nitrogen and oxygen atoms in total. The normalized spacial score (nSPS) is 13.0. The third-order valence-corrected chi connectivity index (χ3v) is 4.25. The highest BCUT2D eigenvalue weighted by molar-refractivity contribution is 6.43. The summed E-state index contributed by atoms with van der Waals surface area (Å²) in [7, 11) is 0. The van der Waals surface area contributed by atoms with Crippen molar-refractivity contribution < 1.29 is 18.3 Å². The molecular weight excluding hydrogens is 394 g/mol. The topological polar surface area (TPSA) is 97.0 Å². The first-order chi connectivity index (χ1) is 12.2. The maximum Gasteiger partial charge on any atom is 0.415 e.